The Balaban J connectivity index is 1.38. The van der Waals surface area contributed by atoms with Gasteiger partial charge in [0, 0.05) is 35.6 Å². The van der Waals surface area contributed by atoms with Gasteiger partial charge in [-0.05, 0) is 69.7 Å². The lowest BCUT2D eigenvalue weighted by Gasteiger charge is -2.41. The van der Waals surface area contributed by atoms with Gasteiger partial charge in [-0.1, -0.05) is 30.5 Å². The predicted molar refractivity (Wildman–Crippen MR) is 106 cm³/mol. The summed E-state index contributed by atoms with van der Waals surface area (Å²) in [5.41, 5.74) is 0.609. The molecule has 2 heterocycles. The summed E-state index contributed by atoms with van der Waals surface area (Å²) in [6.07, 6.45) is 9.14. The minimum atomic E-state index is -0.213. The maximum atomic E-state index is 14.1. The van der Waals surface area contributed by atoms with E-state index >= 15 is 0 Å². The second kappa shape index (κ2) is 8.48. The fourth-order valence-electron chi connectivity index (χ4n) is 4.87. The number of piperidine rings is 1. The molecule has 4 rings (SSSR count). The summed E-state index contributed by atoms with van der Waals surface area (Å²) in [5.74, 6) is 1.10. The fraction of sp³-hybridized carbons (Fsp3) is 0.682. The van der Waals surface area contributed by atoms with Crippen molar-refractivity contribution in [2.45, 2.75) is 64.0 Å². The maximum absolute atomic E-state index is 14.1. The second-order valence-electron chi connectivity index (χ2n) is 8.54. The largest absolute Gasteiger partial charge is 0.339 e. The molecule has 1 unspecified atom stereocenters. The van der Waals surface area contributed by atoms with Crippen LogP contribution in [0.1, 0.15) is 56.9 Å². The van der Waals surface area contributed by atoms with E-state index in [0.717, 1.165) is 58.2 Å². The Bertz CT molecular complexity index is 650. The van der Waals surface area contributed by atoms with E-state index in [1.54, 1.807) is 12.1 Å². The number of halogens is 2. The molecule has 1 atom stereocenters. The lowest BCUT2D eigenvalue weighted by atomic mass is 9.85. The molecule has 0 aromatic heterocycles. The van der Waals surface area contributed by atoms with E-state index in [9.17, 15) is 9.18 Å². The van der Waals surface area contributed by atoms with E-state index < -0.39 is 0 Å². The Hall–Kier alpha value is -1.13. The first-order valence-corrected chi connectivity index (χ1v) is 11.0. The minimum absolute atomic E-state index is 0.213. The molecule has 2 saturated heterocycles. The fourth-order valence-corrected chi connectivity index (χ4v) is 5.09. The molecule has 3 aliphatic rings. The number of carbonyl (C=O) groups is 1. The van der Waals surface area contributed by atoms with Gasteiger partial charge in [0.1, 0.15) is 5.82 Å². The average Bonchev–Trinajstić information content (AvgIpc) is 3.52. The van der Waals surface area contributed by atoms with E-state index in [4.69, 9.17) is 11.6 Å². The molecule has 1 aromatic rings. The van der Waals surface area contributed by atoms with Gasteiger partial charge in [0.25, 0.3) is 0 Å². The summed E-state index contributed by atoms with van der Waals surface area (Å²) in [5, 5.41) is 0.516. The molecule has 27 heavy (non-hydrogen) atoms. The Morgan fingerprint density at radius 3 is 2.52 bits per heavy atom. The highest BCUT2D eigenvalue weighted by Crippen LogP contribution is 2.36. The molecule has 3 nitrogen and oxygen atoms in total. The molecule has 148 valence electrons. The van der Waals surface area contributed by atoms with Crippen molar-refractivity contribution < 1.29 is 9.18 Å². The number of rotatable bonds is 4. The summed E-state index contributed by atoms with van der Waals surface area (Å²) in [6.45, 7) is 3.44. The number of hydrogen-bond donors (Lipinski definition) is 0. The van der Waals surface area contributed by atoms with E-state index in [2.05, 4.69) is 9.80 Å². The van der Waals surface area contributed by atoms with Gasteiger partial charge in [0.15, 0.2) is 0 Å². The van der Waals surface area contributed by atoms with Crippen LogP contribution in [0, 0.1) is 17.7 Å². The van der Waals surface area contributed by atoms with Crippen molar-refractivity contribution in [2.24, 2.45) is 11.8 Å². The molecule has 1 aliphatic carbocycles. The van der Waals surface area contributed by atoms with Crippen molar-refractivity contribution in [1.29, 1.82) is 0 Å². The first-order valence-electron chi connectivity index (χ1n) is 10.6. The molecule has 0 radical (unpaired) electrons. The number of hydrogen-bond acceptors (Lipinski definition) is 2. The number of carbonyl (C=O) groups excluding carboxylic acids is 1. The van der Waals surface area contributed by atoms with Gasteiger partial charge in [0.05, 0.1) is 0 Å². The van der Waals surface area contributed by atoms with Crippen molar-refractivity contribution in [3.8, 4) is 0 Å². The van der Waals surface area contributed by atoms with E-state index in [0.29, 0.717) is 40.9 Å². The Morgan fingerprint density at radius 1 is 1.04 bits per heavy atom. The molecular formula is C22H30ClFN2O. The van der Waals surface area contributed by atoms with Crippen LogP contribution >= 0.6 is 11.6 Å². The molecule has 2 aliphatic heterocycles. The summed E-state index contributed by atoms with van der Waals surface area (Å²) in [6, 6.07) is 5.32. The van der Waals surface area contributed by atoms with Gasteiger partial charge in [0.2, 0.25) is 5.91 Å². The van der Waals surface area contributed by atoms with E-state index in [-0.39, 0.29) is 5.82 Å². The second-order valence-corrected chi connectivity index (χ2v) is 8.94. The SMILES string of the molecule is O=C(C1CC1)N1CCCCCC1C1CCN(Cc2c(F)cccc2Cl)CC1. The van der Waals surface area contributed by atoms with Crippen molar-refractivity contribution in [1.82, 2.24) is 9.80 Å². The first kappa shape index (κ1) is 19.2. The van der Waals surface area contributed by atoms with Crippen LogP contribution in [0.5, 0.6) is 0 Å². The van der Waals surface area contributed by atoms with Gasteiger partial charge < -0.3 is 4.90 Å². The molecule has 0 bridgehead atoms. The van der Waals surface area contributed by atoms with Crippen LogP contribution in [-0.2, 0) is 11.3 Å². The monoisotopic (exact) mass is 392 g/mol. The third kappa shape index (κ3) is 4.48. The van der Waals surface area contributed by atoms with Crippen molar-refractivity contribution in [3.05, 3.63) is 34.6 Å². The van der Waals surface area contributed by atoms with Crippen LogP contribution in [0.2, 0.25) is 5.02 Å². The van der Waals surface area contributed by atoms with Gasteiger partial charge in [-0.3, -0.25) is 9.69 Å². The maximum Gasteiger partial charge on any atom is 0.225 e. The van der Waals surface area contributed by atoms with Crippen LogP contribution in [0.15, 0.2) is 18.2 Å². The summed E-state index contributed by atoms with van der Waals surface area (Å²) in [7, 11) is 0. The average molecular weight is 393 g/mol. The standard InChI is InChI=1S/C22H30ClFN2O/c23-19-5-4-6-20(24)18(19)15-25-13-10-16(11-14-25)21-7-2-1-3-12-26(21)22(27)17-8-9-17/h4-6,16-17,21H,1-3,7-15H2. The summed E-state index contributed by atoms with van der Waals surface area (Å²) in [4.78, 5) is 17.4. The van der Waals surface area contributed by atoms with Gasteiger partial charge >= 0.3 is 0 Å². The number of amides is 1. The smallest absolute Gasteiger partial charge is 0.225 e. The number of likely N-dealkylation sites (tertiary alicyclic amines) is 2. The van der Waals surface area contributed by atoms with E-state index in [1.807, 2.05) is 0 Å². The molecule has 5 heteroatoms. The van der Waals surface area contributed by atoms with Gasteiger partial charge in [-0.15, -0.1) is 0 Å². The van der Waals surface area contributed by atoms with Crippen molar-refractivity contribution in [2.75, 3.05) is 19.6 Å². The highest BCUT2D eigenvalue weighted by molar-refractivity contribution is 6.31. The quantitative estimate of drug-likeness (QED) is 0.729. The predicted octanol–water partition coefficient (Wildman–Crippen LogP) is 4.87. The van der Waals surface area contributed by atoms with Crippen LogP contribution in [-0.4, -0.2) is 41.4 Å². The lowest BCUT2D eigenvalue weighted by Crippen LogP contribution is -2.48. The van der Waals surface area contributed by atoms with Crippen LogP contribution in [0.25, 0.3) is 0 Å². The molecule has 1 aromatic carbocycles. The zero-order valence-electron chi connectivity index (χ0n) is 16.0. The topological polar surface area (TPSA) is 23.6 Å². The lowest BCUT2D eigenvalue weighted by molar-refractivity contribution is -0.136. The van der Waals surface area contributed by atoms with Crippen LogP contribution in [0.3, 0.4) is 0 Å². The molecule has 0 N–H and O–H groups in total. The molecule has 1 saturated carbocycles. The normalized spacial score (nSPS) is 25.4. The zero-order chi connectivity index (χ0) is 18.8. The third-order valence-corrected chi connectivity index (χ3v) is 6.98. The molecule has 0 spiro atoms. The number of benzene rings is 1. The van der Waals surface area contributed by atoms with Crippen LogP contribution < -0.4 is 0 Å². The molecule has 3 fully saturated rings. The summed E-state index contributed by atoms with van der Waals surface area (Å²) < 4.78 is 14.1. The zero-order valence-corrected chi connectivity index (χ0v) is 16.8. The first-order chi connectivity index (χ1) is 13.1. The van der Waals surface area contributed by atoms with Crippen molar-refractivity contribution >= 4 is 17.5 Å². The molecular weight excluding hydrogens is 363 g/mol. The highest BCUT2D eigenvalue weighted by Gasteiger charge is 2.39. The Labute approximate surface area is 166 Å². The Morgan fingerprint density at radius 2 is 1.81 bits per heavy atom. The van der Waals surface area contributed by atoms with E-state index in [1.165, 1.54) is 18.9 Å². The van der Waals surface area contributed by atoms with Crippen LogP contribution in [0.4, 0.5) is 4.39 Å². The van der Waals surface area contributed by atoms with Crippen molar-refractivity contribution in [3.63, 3.8) is 0 Å². The Kier molecular flexibility index (Phi) is 6.03. The summed E-state index contributed by atoms with van der Waals surface area (Å²) >= 11 is 6.20. The highest BCUT2D eigenvalue weighted by atomic mass is 35.5. The third-order valence-electron chi connectivity index (χ3n) is 6.63. The minimum Gasteiger partial charge on any atom is -0.339 e. The molecule has 1 amide bonds. The van der Waals surface area contributed by atoms with Gasteiger partial charge in [-0.2, -0.15) is 0 Å². The number of nitrogens with zero attached hydrogens (tertiary/aromatic N) is 2. The van der Waals surface area contributed by atoms with Gasteiger partial charge in [-0.25, -0.2) is 4.39 Å².